The number of benzene rings is 1. The van der Waals surface area contributed by atoms with E-state index in [-0.39, 0.29) is 17.0 Å². The van der Waals surface area contributed by atoms with E-state index in [2.05, 4.69) is 34.6 Å². The molecule has 0 aromatic heterocycles. The third kappa shape index (κ3) is 3.56. The van der Waals surface area contributed by atoms with Crippen molar-refractivity contribution in [1.82, 2.24) is 9.84 Å². The van der Waals surface area contributed by atoms with Gasteiger partial charge in [-0.15, -0.1) is 4.83 Å². The number of sulfonamides is 1. The molecule has 0 amide bonds. The van der Waals surface area contributed by atoms with E-state index >= 15 is 0 Å². The summed E-state index contributed by atoms with van der Waals surface area (Å²) in [5.41, 5.74) is 0. The maximum Gasteiger partial charge on any atom is 0.253 e. The number of hydrogen-bond acceptors (Lipinski definition) is 3. The quantitative estimate of drug-likeness (QED) is 0.915. The van der Waals surface area contributed by atoms with Gasteiger partial charge in [-0.2, -0.15) is 0 Å². The fraction of sp³-hybridized carbons (Fsp3) is 0.538. The molecule has 2 unspecified atom stereocenters. The summed E-state index contributed by atoms with van der Waals surface area (Å²) in [6.45, 7) is 4.11. The molecular weight excluding hydrogens is 328 g/mol. The van der Waals surface area contributed by atoms with Crippen molar-refractivity contribution >= 4 is 26.0 Å². The molecule has 0 bridgehead atoms. The number of rotatable bonds is 3. The number of nitrogens with one attached hydrogen (secondary N) is 1. The van der Waals surface area contributed by atoms with Gasteiger partial charge >= 0.3 is 0 Å². The van der Waals surface area contributed by atoms with Crippen molar-refractivity contribution in [3.8, 4) is 0 Å². The van der Waals surface area contributed by atoms with Crippen LogP contribution >= 0.6 is 15.9 Å². The van der Waals surface area contributed by atoms with Gasteiger partial charge in [-0.3, -0.25) is 0 Å². The van der Waals surface area contributed by atoms with Crippen LogP contribution in [0.2, 0.25) is 0 Å². The number of nitrogens with zero attached hydrogens (tertiary/aromatic N) is 1. The highest BCUT2D eigenvalue weighted by Gasteiger charge is 2.29. The van der Waals surface area contributed by atoms with Crippen molar-refractivity contribution in [3.05, 3.63) is 28.7 Å². The molecule has 1 N–H and O–H groups in total. The lowest BCUT2D eigenvalue weighted by atomic mass is 10.0. The normalized spacial score (nSPS) is 25.4. The second-order valence-corrected chi connectivity index (χ2v) is 7.66. The molecule has 1 aromatic rings. The van der Waals surface area contributed by atoms with Crippen LogP contribution in [0.15, 0.2) is 33.6 Å². The van der Waals surface area contributed by atoms with Gasteiger partial charge in [0.2, 0.25) is 0 Å². The number of halogens is 1. The van der Waals surface area contributed by atoms with Crippen molar-refractivity contribution in [2.75, 3.05) is 0 Å². The summed E-state index contributed by atoms with van der Waals surface area (Å²) in [6, 6.07) is 7.21. The summed E-state index contributed by atoms with van der Waals surface area (Å²) in [5.74, 6) is 0. The molecule has 1 aromatic carbocycles. The van der Waals surface area contributed by atoms with E-state index in [4.69, 9.17) is 0 Å². The molecule has 1 saturated heterocycles. The standard InChI is InChI=1S/C13H19BrN2O2S/c1-10-5-3-6-11(2)16(10)15-19(17,18)13-8-4-7-12(14)9-13/h4,7-11,15H,3,5-6H2,1-2H3. The van der Waals surface area contributed by atoms with Crippen LogP contribution in [0.5, 0.6) is 0 Å². The van der Waals surface area contributed by atoms with E-state index in [0.717, 1.165) is 23.7 Å². The van der Waals surface area contributed by atoms with Gasteiger partial charge in [0.05, 0.1) is 4.90 Å². The predicted octanol–water partition coefficient (Wildman–Crippen LogP) is 2.91. The molecule has 0 spiro atoms. The van der Waals surface area contributed by atoms with Gasteiger partial charge < -0.3 is 0 Å². The predicted molar refractivity (Wildman–Crippen MR) is 79.1 cm³/mol. The first-order valence-corrected chi connectivity index (χ1v) is 8.74. The van der Waals surface area contributed by atoms with Crippen molar-refractivity contribution in [2.45, 2.75) is 50.1 Å². The van der Waals surface area contributed by atoms with Crippen LogP contribution in [0.3, 0.4) is 0 Å². The maximum absolute atomic E-state index is 12.4. The molecule has 1 aliphatic heterocycles. The Morgan fingerprint density at radius 3 is 2.47 bits per heavy atom. The van der Waals surface area contributed by atoms with E-state index in [0.29, 0.717) is 0 Å². The van der Waals surface area contributed by atoms with E-state index < -0.39 is 10.0 Å². The third-order valence-corrected chi connectivity index (χ3v) is 5.34. The third-order valence-electron chi connectivity index (χ3n) is 3.53. The molecule has 1 aliphatic rings. The molecular formula is C13H19BrN2O2S. The van der Waals surface area contributed by atoms with Crippen molar-refractivity contribution in [1.29, 1.82) is 0 Å². The lowest BCUT2D eigenvalue weighted by Crippen LogP contribution is -2.53. The minimum absolute atomic E-state index is 0.227. The topological polar surface area (TPSA) is 49.4 Å². The minimum Gasteiger partial charge on any atom is -0.225 e. The fourth-order valence-electron chi connectivity index (χ4n) is 2.43. The number of piperidine rings is 1. The molecule has 0 radical (unpaired) electrons. The van der Waals surface area contributed by atoms with Gasteiger partial charge in [0.15, 0.2) is 0 Å². The Labute approximate surface area is 123 Å². The molecule has 1 heterocycles. The first kappa shape index (κ1) is 15.0. The van der Waals surface area contributed by atoms with Crippen LogP contribution in [0, 0.1) is 0 Å². The average Bonchev–Trinajstić information content (AvgIpc) is 2.34. The first-order valence-electron chi connectivity index (χ1n) is 6.46. The lowest BCUT2D eigenvalue weighted by Gasteiger charge is -2.38. The summed E-state index contributed by atoms with van der Waals surface area (Å²) in [6.07, 6.45) is 3.19. The van der Waals surface area contributed by atoms with E-state index in [1.54, 1.807) is 18.2 Å². The Kier molecular flexibility index (Phi) is 4.66. The van der Waals surface area contributed by atoms with Gasteiger partial charge in [0, 0.05) is 16.6 Å². The lowest BCUT2D eigenvalue weighted by molar-refractivity contribution is 0.0790. The van der Waals surface area contributed by atoms with Crippen molar-refractivity contribution in [2.24, 2.45) is 0 Å². The van der Waals surface area contributed by atoms with Crippen LogP contribution in [-0.4, -0.2) is 25.5 Å². The summed E-state index contributed by atoms with van der Waals surface area (Å²) in [7, 11) is -3.50. The van der Waals surface area contributed by atoms with Crippen LogP contribution in [-0.2, 0) is 10.0 Å². The number of hydrazine groups is 1. The molecule has 106 valence electrons. The van der Waals surface area contributed by atoms with Gasteiger partial charge in [0.25, 0.3) is 10.0 Å². The van der Waals surface area contributed by atoms with Crippen molar-refractivity contribution in [3.63, 3.8) is 0 Å². The first-order chi connectivity index (χ1) is 8.90. The molecule has 6 heteroatoms. The molecule has 2 rings (SSSR count). The molecule has 19 heavy (non-hydrogen) atoms. The van der Waals surface area contributed by atoms with E-state index in [1.807, 2.05) is 11.1 Å². The molecule has 0 aliphatic carbocycles. The van der Waals surface area contributed by atoms with E-state index in [1.165, 1.54) is 0 Å². The largest absolute Gasteiger partial charge is 0.253 e. The number of hydrogen-bond donors (Lipinski definition) is 1. The molecule has 1 fully saturated rings. The van der Waals surface area contributed by atoms with Crippen LogP contribution in [0.1, 0.15) is 33.1 Å². The zero-order valence-corrected chi connectivity index (χ0v) is 13.5. The van der Waals surface area contributed by atoms with Crippen LogP contribution in [0.25, 0.3) is 0 Å². The second kappa shape index (κ2) is 5.91. The average molecular weight is 347 g/mol. The zero-order valence-electron chi connectivity index (χ0n) is 11.1. The van der Waals surface area contributed by atoms with Gasteiger partial charge in [-0.1, -0.05) is 28.4 Å². The van der Waals surface area contributed by atoms with Gasteiger partial charge in [-0.25, -0.2) is 13.4 Å². The highest BCUT2D eigenvalue weighted by Crippen LogP contribution is 2.22. The highest BCUT2D eigenvalue weighted by molar-refractivity contribution is 9.10. The fourth-order valence-corrected chi connectivity index (χ4v) is 4.26. The van der Waals surface area contributed by atoms with Gasteiger partial charge in [0.1, 0.15) is 0 Å². The minimum atomic E-state index is -3.50. The molecule has 0 saturated carbocycles. The Bertz CT molecular complexity index is 537. The summed E-state index contributed by atoms with van der Waals surface area (Å²) in [4.78, 5) is 3.01. The zero-order chi connectivity index (χ0) is 14.0. The van der Waals surface area contributed by atoms with E-state index in [9.17, 15) is 8.42 Å². The smallest absolute Gasteiger partial charge is 0.225 e. The van der Waals surface area contributed by atoms with Crippen LogP contribution < -0.4 is 4.83 Å². The summed E-state index contributed by atoms with van der Waals surface area (Å²) in [5, 5.41) is 1.86. The Hall–Kier alpha value is -0.430. The highest BCUT2D eigenvalue weighted by atomic mass is 79.9. The molecule has 4 nitrogen and oxygen atoms in total. The Morgan fingerprint density at radius 1 is 1.26 bits per heavy atom. The Morgan fingerprint density at radius 2 is 1.89 bits per heavy atom. The monoisotopic (exact) mass is 346 g/mol. The molecule has 2 atom stereocenters. The SMILES string of the molecule is CC1CCCC(C)N1NS(=O)(=O)c1cccc(Br)c1. The summed E-state index contributed by atoms with van der Waals surface area (Å²) < 4.78 is 25.5. The summed E-state index contributed by atoms with van der Waals surface area (Å²) >= 11 is 3.30. The maximum atomic E-state index is 12.4. The van der Waals surface area contributed by atoms with Gasteiger partial charge in [-0.05, 0) is 44.9 Å². The van der Waals surface area contributed by atoms with Crippen LogP contribution in [0.4, 0.5) is 0 Å². The Balaban J connectivity index is 2.21. The van der Waals surface area contributed by atoms with Crippen molar-refractivity contribution < 1.29 is 8.42 Å². The second-order valence-electron chi connectivity index (χ2n) is 5.09.